The molecule has 0 spiro atoms. The van der Waals surface area contributed by atoms with Gasteiger partial charge in [-0.1, -0.05) is 6.42 Å². The van der Waals surface area contributed by atoms with E-state index in [0.29, 0.717) is 5.78 Å². The molecule has 2 fully saturated rings. The first-order valence-corrected chi connectivity index (χ1v) is 5.61. The van der Waals surface area contributed by atoms with Crippen LogP contribution in [-0.4, -0.2) is 18.4 Å². The summed E-state index contributed by atoms with van der Waals surface area (Å²) in [5.41, 5.74) is 0. The number of Topliss-reactive ketones (excluding diaryl/α,β-unsaturated/α-hetero) is 1. The second-order valence-corrected chi connectivity index (χ2v) is 4.43. The summed E-state index contributed by atoms with van der Waals surface area (Å²) in [5, 5.41) is 3.59. The first kappa shape index (κ1) is 9.20. The summed E-state index contributed by atoms with van der Waals surface area (Å²) in [6.45, 7) is 1.19. The summed E-state index contributed by atoms with van der Waals surface area (Å²) in [7, 11) is 0. The van der Waals surface area contributed by atoms with Crippen molar-refractivity contribution in [2.45, 2.75) is 51.0 Å². The zero-order chi connectivity index (χ0) is 9.10. The van der Waals surface area contributed by atoms with Gasteiger partial charge in [0.05, 0.1) is 0 Å². The predicted molar refractivity (Wildman–Crippen MR) is 52.6 cm³/mol. The molecule has 0 aromatic heterocycles. The largest absolute Gasteiger partial charge is 0.314 e. The van der Waals surface area contributed by atoms with Crippen LogP contribution in [0.5, 0.6) is 0 Å². The molecule has 1 saturated carbocycles. The minimum Gasteiger partial charge on any atom is -0.314 e. The van der Waals surface area contributed by atoms with E-state index >= 15 is 0 Å². The van der Waals surface area contributed by atoms with Crippen molar-refractivity contribution in [3.05, 3.63) is 0 Å². The monoisotopic (exact) mass is 181 g/mol. The molecule has 1 heterocycles. The van der Waals surface area contributed by atoms with Gasteiger partial charge < -0.3 is 5.32 Å². The van der Waals surface area contributed by atoms with Gasteiger partial charge in [0.25, 0.3) is 0 Å². The first-order valence-electron chi connectivity index (χ1n) is 5.61. The third kappa shape index (κ3) is 2.31. The second-order valence-electron chi connectivity index (χ2n) is 4.43. The average Bonchev–Trinajstić information content (AvgIpc) is 2.20. The van der Waals surface area contributed by atoms with Crippen LogP contribution in [0.2, 0.25) is 0 Å². The van der Waals surface area contributed by atoms with Crippen molar-refractivity contribution in [3.8, 4) is 0 Å². The lowest BCUT2D eigenvalue weighted by Gasteiger charge is -2.33. The Labute approximate surface area is 80.1 Å². The molecule has 1 aliphatic carbocycles. The Hall–Kier alpha value is -0.370. The van der Waals surface area contributed by atoms with Crippen LogP contribution in [-0.2, 0) is 4.79 Å². The molecule has 1 aliphatic heterocycles. The third-order valence-electron chi connectivity index (χ3n) is 3.51. The van der Waals surface area contributed by atoms with Gasteiger partial charge in [0, 0.05) is 18.9 Å². The molecule has 1 atom stereocenters. The van der Waals surface area contributed by atoms with Crippen molar-refractivity contribution in [2.24, 2.45) is 5.92 Å². The Kier molecular flexibility index (Phi) is 2.99. The minimum absolute atomic E-state index is 0.479. The maximum atomic E-state index is 11.1. The number of hydrogen-bond donors (Lipinski definition) is 1. The Morgan fingerprint density at radius 1 is 1.08 bits per heavy atom. The summed E-state index contributed by atoms with van der Waals surface area (Å²) in [6.07, 6.45) is 7.99. The lowest BCUT2D eigenvalue weighted by molar-refractivity contribution is -0.121. The molecule has 1 N–H and O–H groups in total. The Morgan fingerprint density at radius 3 is 2.46 bits per heavy atom. The van der Waals surface area contributed by atoms with E-state index in [1.54, 1.807) is 0 Å². The summed E-state index contributed by atoms with van der Waals surface area (Å²) >= 11 is 0. The van der Waals surface area contributed by atoms with Crippen LogP contribution in [0.4, 0.5) is 0 Å². The molecule has 0 aromatic carbocycles. The van der Waals surface area contributed by atoms with E-state index in [0.717, 1.165) is 37.6 Å². The van der Waals surface area contributed by atoms with Gasteiger partial charge in [-0.3, -0.25) is 4.79 Å². The standard InChI is InChI=1S/C11H19NO/c13-10-6-4-9(5-7-10)11-3-1-2-8-12-11/h9,11-12H,1-8H2. The van der Waals surface area contributed by atoms with E-state index in [2.05, 4.69) is 5.32 Å². The quantitative estimate of drug-likeness (QED) is 0.669. The van der Waals surface area contributed by atoms with Crippen LogP contribution >= 0.6 is 0 Å². The summed E-state index contributed by atoms with van der Waals surface area (Å²) < 4.78 is 0. The van der Waals surface area contributed by atoms with Crippen LogP contribution in [0.3, 0.4) is 0 Å². The fraction of sp³-hybridized carbons (Fsp3) is 0.909. The molecule has 1 saturated heterocycles. The molecule has 74 valence electrons. The van der Waals surface area contributed by atoms with Gasteiger partial charge in [-0.25, -0.2) is 0 Å². The highest BCUT2D eigenvalue weighted by atomic mass is 16.1. The van der Waals surface area contributed by atoms with Gasteiger partial charge in [0.2, 0.25) is 0 Å². The van der Waals surface area contributed by atoms with E-state index in [1.165, 1.54) is 25.8 Å². The van der Waals surface area contributed by atoms with Crippen molar-refractivity contribution >= 4 is 5.78 Å². The molecule has 2 aliphatic rings. The van der Waals surface area contributed by atoms with E-state index in [-0.39, 0.29) is 0 Å². The Balaban J connectivity index is 1.82. The smallest absolute Gasteiger partial charge is 0.132 e. The highest BCUT2D eigenvalue weighted by Crippen LogP contribution is 2.28. The average molecular weight is 181 g/mol. The number of carbonyl (C=O) groups excluding carboxylic acids is 1. The summed E-state index contributed by atoms with van der Waals surface area (Å²) in [6, 6.07) is 0.724. The fourth-order valence-corrected chi connectivity index (χ4v) is 2.65. The van der Waals surface area contributed by atoms with Gasteiger partial charge in [-0.15, -0.1) is 0 Å². The number of nitrogens with one attached hydrogen (secondary N) is 1. The normalized spacial score (nSPS) is 32.0. The lowest BCUT2D eigenvalue weighted by Crippen LogP contribution is -2.41. The van der Waals surface area contributed by atoms with Crippen molar-refractivity contribution in [1.82, 2.24) is 5.32 Å². The Morgan fingerprint density at radius 2 is 1.85 bits per heavy atom. The summed E-state index contributed by atoms with van der Waals surface area (Å²) in [4.78, 5) is 11.1. The maximum Gasteiger partial charge on any atom is 0.132 e. The fourth-order valence-electron chi connectivity index (χ4n) is 2.65. The predicted octanol–water partition coefficient (Wildman–Crippen LogP) is 1.89. The van der Waals surface area contributed by atoms with Gasteiger partial charge in [-0.05, 0) is 38.1 Å². The number of piperidine rings is 1. The maximum absolute atomic E-state index is 11.1. The molecule has 2 heteroatoms. The van der Waals surface area contributed by atoms with Crippen LogP contribution in [0.1, 0.15) is 44.9 Å². The van der Waals surface area contributed by atoms with Crippen LogP contribution in [0.15, 0.2) is 0 Å². The van der Waals surface area contributed by atoms with Crippen LogP contribution < -0.4 is 5.32 Å². The van der Waals surface area contributed by atoms with E-state index in [4.69, 9.17) is 0 Å². The van der Waals surface area contributed by atoms with Gasteiger partial charge in [0.1, 0.15) is 5.78 Å². The van der Waals surface area contributed by atoms with Crippen molar-refractivity contribution in [1.29, 1.82) is 0 Å². The highest BCUT2D eigenvalue weighted by molar-refractivity contribution is 5.79. The van der Waals surface area contributed by atoms with Gasteiger partial charge in [-0.2, -0.15) is 0 Å². The van der Waals surface area contributed by atoms with Crippen LogP contribution in [0.25, 0.3) is 0 Å². The number of carbonyl (C=O) groups is 1. The highest BCUT2D eigenvalue weighted by Gasteiger charge is 2.26. The molecule has 2 nitrogen and oxygen atoms in total. The van der Waals surface area contributed by atoms with E-state index in [1.807, 2.05) is 0 Å². The lowest BCUT2D eigenvalue weighted by atomic mass is 9.80. The molecule has 1 unspecified atom stereocenters. The Bertz CT molecular complexity index is 175. The summed E-state index contributed by atoms with van der Waals surface area (Å²) in [5.74, 6) is 1.27. The molecular formula is C11H19NO. The molecule has 13 heavy (non-hydrogen) atoms. The first-order chi connectivity index (χ1) is 6.36. The zero-order valence-electron chi connectivity index (χ0n) is 8.22. The van der Waals surface area contributed by atoms with E-state index in [9.17, 15) is 4.79 Å². The third-order valence-corrected chi connectivity index (χ3v) is 3.51. The number of hydrogen-bond acceptors (Lipinski definition) is 2. The molecule has 0 bridgehead atoms. The molecule has 0 radical (unpaired) electrons. The second kappa shape index (κ2) is 4.23. The molecule has 0 amide bonds. The topological polar surface area (TPSA) is 29.1 Å². The SMILES string of the molecule is O=C1CCC(C2CCCCN2)CC1. The number of ketones is 1. The molecular weight excluding hydrogens is 162 g/mol. The van der Waals surface area contributed by atoms with Gasteiger partial charge in [0.15, 0.2) is 0 Å². The van der Waals surface area contributed by atoms with Crippen LogP contribution in [0, 0.1) is 5.92 Å². The number of rotatable bonds is 1. The van der Waals surface area contributed by atoms with Crippen molar-refractivity contribution in [3.63, 3.8) is 0 Å². The van der Waals surface area contributed by atoms with Gasteiger partial charge >= 0.3 is 0 Å². The van der Waals surface area contributed by atoms with Crippen molar-refractivity contribution < 1.29 is 4.79 Å². The molecule has 0 aromatic rings. The minimum atomic E-state index is 0.479. The van der Waals surface area contributed by atoms with E-state index < -0.39 is 0 Å². The zero-order valence-corrected chi connectivity index (χ0v) is 8.22. The van der Waals surface area contributed by atoms with Crippen molar-refractivity contribution in [2.75, 3.05) is 6.54 Å². The molecule has 2 rings (SSSR count).